The van der Waals surface area contributed by atoms with Crippen molar-refractivity contribution in [1.29, 1.82) is 0 Å². The van der Waals surface area contributed by atoms with E-state index in [0.29, 0.717) is 6.04 Å². The lowest BCUT2D eigenvalue weighted by molar-refractivity contribution is 0.824. The average molecular weight is 350 g/mol. The Hall–Kier alpha value is -2.06. The zero-order valence-corrected chi connectivity index (χ0v) is 13.7. The Labute approximate surface area is 139 Å². The average Bonchev–Trinajstić information content (AvgIpc) is 3.02. The maximum absolute atomic E-state index is 3.63. The summed E-state index contributed by atoms with van der Waals surface area (Å²) in [4.78, 5) is 0. The molecule has 1 nitrogen and oxygen atoms in total. The molecule has 0 radical (unpaired) electrons. The molecule has 0 aliphatic carbocycles. The fourth-order valence-corrected chi connectivity index (χ4v) is 3.61. The van der Waals surface area contributed by atoms with Crippen LogP contribution >= 0.6 is 15.9 Å². The van der Waals surface area contributed by atoms with Gasteiger partial charge in [0.25, 0.3) is 0 Å². The summed E-state index contributed by atoms with van der Waals surface area (Å²) in [6.45, 7) is 0. The highest BCUT2D eigenvalue weighted by Crippen LogP contribution is 2.39. The van der Waals surface area contributed by atoms with E-state index >= 15 is 0 Å². The van der Waals surface area contributed by atoms with Gasteiger partial charge >= 0.3 is 0 Å². The SMILES string of the molecule is Brc1cccc2c1NC(c1ccc(-c3ccccc3)cc1)C2. The van der Waals surface area contributed by atoms with E-state index in [-0.39, 0.29) is 0 Å². The first kappa shape index (κ1) is 13.6. The highest BCUT2D eigenvalue weighted by molar-refractivity contribution is 9.10. The van der Waals surface area contributed by atoms with Crippen LogP contribution in [0.15, 0.2) is 77.3 Å². The Morgan fingerprint density at radius 1 is 0.773 bits per heavy atom. The summed E-state index contributed by atoms with van der Waals surface area (Å²) in [6.07, 6.45) is 1.04. The Morgan fingerprint density at radius 3 is 2.23 bits per heavy atom. The molecule has 2 heteroatoms. The molecule has 1 N–H and O–H groups in total. The van der Waals surface area contributed by atoms with Gasteiger partial charge in [0.05, 0.1) is 11.7 Å². The van der Waals surface area contributed by atoms with E-state index < -0.39 is 0 Å². The fourth-order valence-electron chi connectivity index (χ4n) is 3.09. The van der Waals surface area contributed by atoms with Crippen molar-refractivity contribution in [3.63, 3.8) is 0 Å². The Kier molecular flexibility index (Phi) is 3.47. The standard InChI is InChI=1S/C20H16BrN/c21-18-8-4-7-17-13-19(22-20(17)18)16-11-9-15(10-12-16)14-5-2-1-3-6-14/h1-12,19,22H,13H2. The van der Waals surface area contributed by atoms with Crippen molar-refractivity contribution in [1.82, 2.24) is 0 Å². The van der Waals surface area contributed by atoms with E-state index in [2.05, 4.69) is 94.0 Å². The number of nitrogens with one attached hydrogen (secondary N) is 1. The molecule has 22 heavy (non-hydrogen) atoms. The number of benzene rings is 3. The van der Waals surface area contributed by atoms with Crippen molar-refractivity contribution in [3.8, 4) is 11.1 Å². The number of rotatable bonds is 2. The van der Waals surface area contributed by atoms with Crippen molar-refractivity contribution in [3.05, 3.63) is 88.4 Å². The van der Waals surface area contributed by atoms with Crippen molar-refractivity contribution in [2.45, 2.75) is 12.5 Å². The summed E-state index contributed by atoms with van der Waals surface area (Å²) in [5.74, 6) is 0. The summed E-state index contributed by atoms with van der Waals surface area (Å²) in [5.41, 5.74) is 6.48. The summed E-state index contributed by atoms with van der Waals surface area (Å²) < 4.78 is 1.15. The number of halogens is 1. The summed E-state index contributed by atoms with van der Waals surface area (Å²) in [7, 11) is 0. The van der Waals surface area contributed by atoms with Crippen LogP contribution < -0.4 is 5.32 Å². The van der Waals surface area contributed by atoms with E-state index in [0.717, 1.165) is 10.9 Å². The zero-order chi connectivity index (χ0) is 14.9. The predicted molar refractivity (Wildman–Crippen MR) is 96.1 cm³/mol. The zero-order valence-electron chi connectivity index (χ0n) is 12.1. The van der Waals surface area contributed by atoms with Gasteiger partial charge in [-0.25, -0.2) is 0 Å². The maximum atomic E-state index is 3.63. The van der Waals surface area contributed by atoms with E-state index in [1.165, 1.54) is 27.9 Å². The van der Waals surface area contributed by atoms with Gasteiger partial charge in [-0.3, -0.25) is 0 Å². The van der Waals surface area contributed by atoms with Gasteiger partial charge in [0, 0.05) is 4.47 Å². The summed E-state index contributed by atoms with van der Waals surface area (Å²) in [6, 6.07) is 26.2. The first-order valence-electron chi connectivity index (χ1n) is 7.50. The molecule has 3 aromatic carbocycles. The largest absolute Gasteiger partial charge is 0.377 e. The van der Waals surface area contributed by atoms with Crippen LogP contribution in [0.2, 0.25) is 0 Å². The lowest BCUT2D eigenvalue weighted by Gasteiger charge is -2.13. The van der Waals surface area contributed by atoms with E-state index in [1.54, 1.807) is 0 Å². The van der Waals surface area contributed by atoms with Crippen LogP contribution in [0.4, 0.5) is 5.69 Å². The van der Waals surface area contributed by atoms with Crippen molar-refractivity contribution < 1.29 is 0 Å². The van der Waals surface area contributed by atoms with Crippen LogP contribution in [0.5, 0.6) is 0 Å². The Morgan fingerprint density at radius 2 is 1.50 bits per heavy atom. The van der Waals surface area contributed by atoms with Crippen LogP contribution in [0.1, 0.15) is 17.2 Å². The molecule has 3 aromatic rings. The smallest absolute Gasteiger partial charge is 0.0555 e. The minimum atomic E-state index is 0.360. The molecule has 1 aliphatic rings. The highest BCUT2D eigenvalue weighted by atomic mass is 79.9. The number of fused-ring (bicyclic) bond motifs is 1. The third-order valence-corrected chi connectivity index (χ3v) is 4.92. The second-order valence-electron chi connectivity index (χ2n) is 5.66. The monoisotopic (exact) mass is 349 g/mol. The topological polar surface area (TPSA) is 12.0 Å². The molecule has 0 saturated heterocycles. The molecule has 0 bridgehead atoms. The van der Waals surface area contributed by atoms with Crippen LogP contribution in [-0.4, -0.2) is 0 Å². The quantitative estimate of drug-likeness (QED) is 0.614. The van der Waals surface area contributed by atoms with Crippen molar-refractivity contribution in [2.75, 3.05) is 5.32 Å². The number of hydrogen-bond acceptors (Lipinski definition) is 1. The van der Waals surface area contributed by atoms with Crippen LogP contribution in [-0.2, 0) is 6.42 Å². The first-order valence-corrected chi connectivity index (χ1v) is 8.30. The highest BCUT2D eigenvalue weighted by Gasteiger charge is 2.23. The Bertz CT molecular complexity index is 794. The molecule has 1 heterocycles. The van der Waals surface area contributed by atoms with Gasteiger partial charge in [-0.2, -0.15) is 0 Å². The molecule has 0 aromatic heterocycles. The molecule has 0 amide bonds. The molecule has 1 atom stereocenters. The molecular formula is C20H16BrN. The van der Waals surface area contributed by atoms with Gasteiger partial charge in [-0.15, -0.1) is 0 Å². The minimum Gasteiger partial charge on any atom is -0.377 e. The Balaban J connectivity index is 1.59. The van der Waals surface area contributed by atoms with Crippen LogP contribution in [0, 0.1) is 0 Å². The molecular weight excluding hydrogens is 334 g/mol. The molecule has 0 saturated carbocycles. The lowest BCUT2D eigenvalue weighted by Crippen LogP contribution is -2.05. The van der Waals surface area contributed by atoms with Gasteiger partial charge < -0.3 is 5.32 Å². The van der Waals surface area contributed by atoms with Crippen molar-refractivity contribution >= 4 is 21.6 Å². The van der Waals surface area contributed by atoms with Gasteiger partial charge in [0.1, 0.15) is 0 Å². The molecule has 4 rings (SSSR count). The van der Waals surface area contributed by atoms with Gasteiger partial charge in [0.15, 0.2) is 0 Å². The molecule has 0 spiro atoms. The van der Waals surface area contributed by atoms with Crippen LogP contribution in [0.3, 0.4) is 0 Å². The van der Waals surface area contributed by atoms with Gasteiger partial charge in [-0.1, -0.05) is 66.7 Å². The third-order valence-electron chi connectivity index (χ3n) is 4.26. The molecule has 0 fully saturated rings. The maximum Gasteiger partial charge on any atom is 0.0555 e. The fraction of sp³-hybridized carbons (Fsp3) is 0.100. The lowest BCUT2D eigenvalue weighted by atomic mass is 9.99. The minimum absolute atomic E-state index is 0.360. The number of hydrogen-bond donors (Lipinski definition) is 1. The van der Waals surface area contributed by atoms with E-state index in [4.69, 9.17) is 0 Å². The third kappa shape index (κ3) is 2.44. The molecule has 1 aliphatic heterocycles. The normalized spacial score (nSPS) is 16.1. The second kappa shape index (κ2) is 5.62. The van der Waals surface area contributed by atoms with Crippen molar-refractivity contribution in [2.24, 2.45) is 0 Å². The van der Waals surface area contributed by atoms with Gasteiger partial charge in [-0.05, 0) is 50.7 Å². The van der Waals surface area contributed by atoms with E-state index in [9.17, 15) is 0 Å². The summed E-state index contributed by atoms with van der Waals surface area (Å²) in [5, 5.41) is 3.63. The summed E-state index contributed by atoms with van der Waals surface area (Å²) >= 11 is 3.63. The molecule has 1 unspecified atom stereocenters. The number of para-hydroxylation sites is 1. The second-order valence-corrected chi connectivity index (χ2v) is 6.52. The van der Waals surface area contributed by atoms with Gasteiger partial charge in [0.2, 0.25) is 0 Å². The predicted octanol–water partition coefficient (Wildman–Crippen LogP) is 5.83. The number of anilines is 1. The first-order chi connectivity index (χ1) is 10.8. The van der Waals surface area contributed by atoms with E-state index in [1.807, 2.05) is 0 Å². The molecule has 108 valence electrons. The van der Waals surface area contributed by atoms with Crippen LogP contribution in [0.25, 0.3) is 11.1 Å².